The average Bonchev–Trinajstić information content (AvgIpc) is 2.67. The summed E-state index contributed by atoms with van der Waals surface area (Å²) in [5, 5.41) is 8.02. The van der Waals surface area contributed by atoms with Crippen LogP contribution in [0.1, 0.15) is 18.4 Å². The van der Waals surface area contributed by atoms with E-state index in [0.717, 1.165) is 12.8 Å². The number of fused-ring (bicyclic) bond motifs is 5. The molecule has 0 radical (unpaired) electrons. The van der Waals surface area contributed by atoms with E-state index in [1.165, 1.54) is 43.5 Å². The molecule has 0 atom stereocenters. The van der Waals surface area contributed by atoms with Crippen molar-refractivity contribution in [1.29, 1.82) is 0 Å². The lowest BCUT2D eigenvalue weighted by Gasteiger charge is -2.13. The molecule has 24 heavy (non-hydrogen) atoms. The lowest BCUT2D eigenvalue weighted by atomic mass is 9.91. The van der Waals surface area contributed by atoms with Crippen molar-refractivity contribution in [2.75, 3.05) is 0 Å². The van der Waals surface area contributed by atoms with Gasteiger partial charge in [-0.15, -0.1) is 0 Å². The van der Waals surface area contributed by atoms with Crippen molar-refractivity contribution in [2.24, 2.45) is 0 Å². The summed E-state index contributed by atoms with van der Waals surface area (Å²) in [7, 11) is 0. The highest BCUT2D eigenvalue weighted by atomic mass is 14.1. The zero-order valence-corrected chi connectivity index (χ0v) is 13.5. The summed E-state index contributed by atoms with van der Waals surface area (Å²) in [6.07, 6.45) is 9.21. The van der Waals surface area contributed by atoms with E-state index < -0.39 is 0 Å². The van der Waals surface area contributed by atoms with Crippen LogP contribution in [0.2, 0.25) is 0 Å². The van der Waals surface area contributed by atoms with Gasteiger partial charge in [0, 0.05) is 0 Å². The van der Waals surface area contributed by atoms with Gasteiger partial charge in [-0.3, -0.25) is 0 Å². The SMILES string of the molecule is C1=CC(c2cccc3c2ccc2ccc4ccccc4c23)=CCC1. The fourth-order valence-corrected chi connectivity index (χ4v) is 3.93. The van der Waals surface area contributed by atoms with Crippen molar-refractivity contribution in [3.05, 3.63) is 90.5 Å². The quantitative estimate of drug-likeness (QED) is 0.336. The van der Waals surface area contributed by atoms with Crippen LogP contribution in [0.4, 0.5) is 0 Å². The Morgan fingerprint density at radius 2 is 1.42 bits per heavy atom. The molecule has 1 aliphatic rings. The van der Waals surface area contributed by atoms with Gasteiger partial charge in [-0.05, 0) is 56.3 Å². The van der Waals surface area contributed by atoms with Gasteiger partial charge in [0.1, 0.15) is 0 Å². The monoisotopic (exact) mass is 306 g/mol. The lowest BCUT2D eigenvalue weighted by Crippen LogP contribution is -1.89. The summed E-state index contributed by atoms with van der Waals surface area (Å²) in [6, 6.07) is 24.4. The van der Waals surface area contributed by atoms with Crippen LogP contribution in [0.15, 0.2) is 85.0 Å². The predicted molar refractivity (Wildman–Crippen MR) is 105 cm³/mol. The fourth-order valence-electron chi connectivity index (χ4n) is 3.93. The molecule has 0 heterocycles. The average molecular weight is 306 g/mol. The van der Waals surface area contributed by atoms with E-state index in [1.54, 1.807) is 0 Å². The normalized spacial score (nSPS) is 14.4. The number of hydrogen-bond acceptors (Lipinski definition) is 0. The zero-order chi connectivity index (χ0) is 15.9. The summed E-state index contributed by atoms with van der Waals surface area (Å²) in [4.78, 5) is 0. The molecule has 0 amide bonds. The minimum absolute atomic E-state index is 1.14. The lowest BCUT2D eigenvalue weighted by molar-refractivity contribution is 1.04. The maximum atomic E-state index is 2.36. The van der Waals surface area contributed by atoms with Gasteiger partial charge in [0.05, 0.1) is 0 Å². The Morgan fingerprint density at radius 3 is 2.33 bits per heavy atom. The van der Waals surface area contributed by atoms with E-state index in [4.69, 9.17) is 0 Å². The van der Waals surface area contributed by atoms with E-state index in [0.29, 0.717) is 0 Å². The van der Waals surface area contributed by atoms with Gasteiger partial charge in [-0.25, -0.2) is 0 Å². The largest absolute Gasteiger partial charge is 0.0836 e. The van der Waals surface area contributed by atoms with Crippen LogP contribution in [0.5, 0.6) is 0 Å². The summed E-state index contributed by atoms with van der Waals surface area (Å²) in [5.41, 5.74) is 2.70. The molecule has 0 nitrogen and oxygen atoms in total. The molecule has 5 rings (SSSR count). The maximum Gasteiger partial charge on any atom is -0.00266 e. The van der Waals surface area contributed by atoms with Crippen LogP contribution >= 0.6 is 0 Å². The van der Waals surface area contributed by atoms with Crippen molar-refractivity contribution >= 4 is 37.9 Å². The molecule has 4 aromatic rings. The molecule has 1 aliphatic carbocycles. The molecule has 0 aromatic heterocycles. The molecule has 0 fully saturated rings. The first kappa shape index (κ1) is 13.6. The highest BCUT2D eigenvalue weighted by Gasteiger charge is 2.10. The Hall–Kier alpha value is -2.86. The number of rotatable bonds is 1. The molecule has 0 spiro atoms. The maximum absolute atomic E-state index is 2.36. The summed E-state index contributed by atoms with van der Waals surface area (Å²) >= 11 is 0. The first-order valence-electron chi connectivity index (χ1n) is 8.62. The molecule has 4 aromatic carbocycles. The van der Waals surface area contributed by atoms with Crippen molar-refractivity contribution < 1.29 is 0 Å². The second kappa shape index (κ2) is 5.35. The Labute approximate surface area is 141 Å². The van der Waals surface area contributed by atoms with Crippen molar-refractivity contribution in [1.82, 2.24) is 0 Å². The Balaban J connectivity index is 1.93. The third-order valence-electron chi connectivity index (χ3n) is 5.07. The first-order valence-corrected chi connectivity index (χ1v) is 8.62. The van der Waals surface area contributed by atoms with Gasteiger partial charge in [-0.2, -0.15) is 0 Å². The van der Waals surface area contributed by atoms with Gasteiger partial charge in [-0.1, -0.05) is 85.0 Å². The van der Waals surface area contributed by atoms with Gasteiger partial charge >= 0.3 is 0 Å². The van der Waals surface area contributed by atoms with Gasteiger partial charge < -0.3 is 0 Å². The molecule has 0 N–H and O–H groups in total. The highest BCUT2D eigenvalue weighted by molar-refractivity contribution is 6.21. The van der Waals surface area contributed by atoms with Crippen LogP contribution in [0, 0.1) is 0 Å². The Kier molecular flexibility index (Phi) is 3.02. The van der Waals surface area contributed by atoms with Crippen LogP contribution in [-0.2, 0) is 0 Å². The van der Waals surface area contributed by atoms with Crippen LogP contribution < -0.4 is 0 Å². The second-order valence-corrected chi connectivity index (χ2v) is 6.49. The minimum Gasteiger partial charge on any atom is -0.0836 e. The van der Waals surface area contributed by atoms with E-state index in [1.807, 2.05) is 0 Å². The van der Waals surface area contributed by atoms with Crippen LogP contribution in [0.3, 0.4) is 0 Å². The zero-order valence-electron chi connectivity index (χ0n) is 13.5. The fraction of sp³-hybridized carbons (Fsp3) is 0.0833. The van der Waals surface area contributed by atoms with Crippen LogP contribution in [0.25, 0.3) is 37.9 Å². The van der Waals surface area contributed by atoms with Gasteiger partial charge in [0.2, 0.25) is 0 Å². The molecule has 0 saturated carbocycles. The first-order chi connectivity index (χ1) is 11.9. The topological polar surface area (TPSA) is 0 Å². The molecular weight excluding hydrogens is 288 g/mol. The van der Waals surface area contributed by atoms with Crippen molar-refractivity contribution in [2.45, 2.75) is 12.8 Å². The molecule has 0 unspecified atom stereocenters. The second-order valence-electron chi connectivity index (χ2n) is 6.49. The van der Waals surface area contributed by atoms with Crippen LogP contribution in [-0.4, -0.2) is 0 Å². The molecule has 0 heteroatoms. The Bertz CT molecular complexity index is 1140. The van der Waals surface area contributed by atoms with E-state index in [-0.39, 0.29) is 0 Å². The Morgan fingerprint density at radius 1 is 0.583 bits per heavy atom. The smallest absolute Gasteiger partial charge is 0.00266 e. The van der Waals surface area contributed by atoms with E-state index in [9.17, 15) is 0 Å². The number of allylic oxidation sites excluding steroid dienone is 4. The van der Waals surface area contributed by atoms with Crippen molar-refractivity contribution in [3.63, 3.8) is 0 Å². The third kappa shape index (κ3) is 2.00. The van der Waals surface area contributed by atoms with E-state index >= 15 is 0 Å². The number of benzene rings is 4. The molecule has 0 bridgehead atoms. The summed E-state index contributed by atoms with van der Waals surface area (Å²) in [5.74, 6) is 0. The standard InChI is InChI=1S/C24H18/c1-2-7-17(8-3-1)20-11-6-12-23-22(20)16-15-19-14-13-18-9-4-5-10-21(18)24(19)23/h2,4-16H,1,3H2. The molecule has 0 aliphatic heterocycles. The van der Waals surface area contributed by atoms with Gasteiger partial charge in [0.15, 0.2) is 0 Å². The summed E-state index contributed by atoms with van der Waals surface area (Å²) < 4.78 is 0. The predicted octanol–water partition coefficient (Wildman–Crippen LogP) is 6.88. The highest BCUT2D eigenvalue weighted by Crippen LogP contribution is 2.36. The van der Waals surface area contributed by atoms with E-state index in [2.05, 4.69) is 85.0 Å². The molecule has 0 saturated heterocycles. The van der Waals surface area contributed by atoms with Gasteiger partial charge in [0.25, 0.3) is 0 Å². The molecular formula is C24H18. The molecule has 114 valence electrons. The number of hydrogen-bond donors (Lipinski definition) is 0. The third-order valence-corrected chi connectivity index (χ3v) is 5.07. The minimum atomic E-state index is 1.14. The van der Waals surface area contributed by atoms with Crippen molar-refractivity contribution in [3.8, 4) is 0 Å². The summed E-state index contributed by atoms with van der Waals surface area (Å²) in [6.45, 7) is 0.